The molecule has 15 heavy (non-hydrogen) atoms. The fourth-order valence-electron chi connectivity index (χ4n) is 1.56. The molecule has 0 bridgehead atoms. The Balaban J connectivity index is 0.00000112. The van der Waals surface area contributed by atoms with Crippen molar-refractivity contribution in [3.8, 4) is 0 Å². The third-order valence-electron chi connectivity index (χ3n) is 2.32. The van der Waals surface area contributed by atoms with Gasteiger partial charge in [0.25, 0.3) is 0 Å². The van der Waals surface area contributed by atoms with E-state index in [0.29, 0.717) is 6.54 Å². The zero-order chi connectivity index (χ0) is 9.97. The van der Waals surface area contributed by atoms with Crippen LogP contribution in [-0.4, -0.2) is 44.9 Å². The van der Waals surface area contributed by atoms with Crippen LogP contribution in [0.1, 0.15) is 6.42 Å². The number of nitrogens with zero attached hydrogens (tertiary/aromatic N) is 4. The largest absolute Gasteiger partial charge is 0.339 e. The topological polar surface area (TPSA) is 77.0 Å². The van der Waals surface area contributed by atoms with Crippen molar-refractivity contribution in [3.05, 3.63) is 12.4 Å². The van der Waals surface area contributed by atoms with E-state index in [1.165, 1.54) is 4.80 Å². The van der Waals surface area contributed by atoms with E-state index in [1.54, 1.807) is 17.3 Å². The lowest BCUT2D eigenvalue weighted by Gasteiger charge is -2.14. The Morgan fingerprint density at radius 3 is 2.67 bits per heavy atom. The fourth-order valence-corrected chi connectivity index (χ4v) is 1.56. The van der Waals surface area contributed by atoms with Gasteiger partial charge in [-0.2, -0.15) is 15.0 Å². The average Bonchev–Trinajstić information content (AvgIpc) is 2.75. The maximum Gasteiger partial charge on any atom is 0.246 e. The second-order valence-electron chi connectivity index (χ2n) is 3.45. The Morgan fingerprint density at radius 1 is 1.47 bits per heavy atom. The summed E-state index contributed by atoms with van der Waals surface area (Å²) in [5.74, 6) is 0.0363. The van der Waals surface area contributed by atoms with Gasteiger partial charge in [0.2, 0.25) is 5.91 Å². The van der Waals surface area contributed by atoms with Crippen LogP contribution in [-0.2, 0) is 11.3 Å². The van der Waals surface area contributed by atoms with E-state index < -0.39 is 0 Å². The van der Waals surface area contributed by atoms with E-state index in [4.69, 9.17) is 5.73 Å². The Kier molecular flexibility index (Phi) is 4.05. The molecule has 1 saturated heterocycles. The summed E-state index contributed by atoms with van der Waals surface area (Å²) in [6.07, 6.45) is 4.00. The fraction of sp³-hybridized carbons (Fsp3) is 0.625. The number of rotatable bonds is 2. The molecule has 0 aromatic carbocycles. The quantitative estimate of drug-likeness (QED) is 0.727. The highest BCUT2D eigenvalue weighted by atomic mass is 35.5. The molecule has 1 unspecified atom stereocenters. The summed E-state index contributed by atoms with van der Waals surface area (Å²) in [4.78, 5) is 14.8. The summed E-state index contributed by atoms with van der Waals surface area (Å²) in [5.41, 5.74) is 5.70. The van der Waals surface area contributed by atoms with Gasteiger partial charge in [-0.05, 0) is 6.42 Å². The SMILES string of the molecule is Cl.NC1CCN(C(=O)Cn2nccn2)C1. The van der Waals surface area contributed by atoms with Gasteiger partial charge in [0.1, 0.15) is 6.54 Å². The molecule has 0 saturated carbocycles. The molecule has 1 aliphatic rings. The van der Waals surface area contributed by atoms with Crippen LogP contribution in [0, 0.1) is 0 Å². The standard InChI is InChI=1S/C8H13N5O.ClH/c9-7-1-4-12(5-7)8(14)6-13-10-2-3-11-13;/h2-3,7H,1,4-6,9H2;1H. The molecule has 0 radical (unpaired) electrons. The Labute approximate surface area is 93.8 Å². The molecule has 1 amide bonds. The van der Waals surface area contributed by atoms with Gasteiger partial charge in [0.05, 0.1) is 12.4 Å². The van der Waals surface area contributed by atoms with Crippen molar-refractivity contribution < 1.29 is 4.79 Å². The number of carbonyl (C=O) groups is 1. The number of amides is 1. The summed E-state index contributed by atoms with van der Waals surface area (Å²) in [7, 11) is 0. The van der Waals surface area contributed by atoms with Crippen LogP contribution in [0.5, 0.6) is 0 Å². The second-order valence-corrected chi connectivity index (χ2v) is 3.45. The molecule has 0 aliphatic carbocycles. The molecular weight excluding hydrogens is 218 g/mol. The smallest absolute Gasteiger partial charge is 0.246 e. The van der Waals surface area contributed by atoms with E-state index in [0.717, 1.165) is 13.0 Å². The molecular formula is C8H14ClN5O. The monoisotopic (exact) mass is 231 g/mol. The van der Waals surface area contributed by atoms with Gasteiger partial charge in [0, 0.05) is 19.1 Å². The van der Waals surface area contributed by atoms with Crippen molar-refractivity contribution in [2.24, 2.45) is 5.73 Å². The zero-order valence-electron chi connectivity index (χ0n) is 8.24. The van der Waals surface area contributed by atoms with Gasteiger partial charge in [0.15, 0.2) is 0 Å². The van der Waals surface area contributed by atoms with Crippen LogP contribution >= 0.6 is 12.4 Å². The molecule has 2 heterocycles. The minimum Gasteiger partial charge on any atom is -0.339 e. The van der Waals surface area contributed by atoms with Gasteiger partial charge in [-0.15, -0.1) is 12.4 Å². The van der Waals surface area contributed by atoms with E-state index in [1.807, 2.05) is 0 Å². The van der Waals surface area contributed by atoms with Gasteiger partial charge < -0.3 is 10.6 Å². The molecule has 1 aliphatic heterocycles. The maximum atomic E-state index is 11.6. The minimum atomic E-state index is 0. The summed E-state index contributed by atoms with van der Waals surface area (Å²) in [6, 6.07) is 0.129. The predicted octanol–water partition coefficient (Wildman–Crippen LogP) is -0.741. The molecule has 1 aromatic heterocycles. The number of likely N-dealkylation sites (tertiary alicyclic amines) is 1. The first-order valence-electron chi connectivity index (χ1n) is 4.63. The van der Waals surface area contributed by atoms with Gasteiger partial charge >= 0.3 is 0 Å². The number of hydrogen-bond donors (Lipinski definition) is 1. The summed E-state index contributed by atoms with van der Waals surface area (Å²) < 4.78 is 0. The lowest BCUT2D eigenvalue weighted by Crippen LogP contribution is -2.34. The van der Waals surface area contributed by atoms with Crippen molar-refractivity contribution in [2.75, 3.05) is 13.1 Å². The lowest BCUT2D eigenvalue weighted by atomic mass is 10.3. The Bertz CT molecular complexity index is 315. The van der Waals surface area contributed by atoms with E-state index in [2.05, 4.69) is 10.2 Å². The van der Waals surface area contributed by atoms with Crippen molar-refractivity contribution in [1.82, 2.24) is 19.9 Å². The van der Waals surface area contributed by atoms with E-state index in [9.17, 15) is 4.79 Å². The first-order chi connectivity index (χ1) is 6.75. The third-order valence-corrected chi connectivity index (χ3v) is 2.32. The van der Waals surface area contributed by atoms with Crippen LogP contribution in [0.2, 0.25) is 0 Å². The summed E-state index contributed by atoms with van der Waals surface area (Å²) in [5, 5.41) is 7.75. The molecule has 1 atom stereocenters. The molecule has 7 heteroatoms. The van der Waals surface area contributed by atoms with Crippen LogP contribution in [0.4, 0.5) is 0 Å². The molecule has 0 spiro atoms. The highest BCUT2D eigenvalue weighted by molar-refractivity contribution is 5.85. The highest BCUT2D eigenvalue weighted by Crippen LogP contribution is 2.07. The maximum absolute atomic E-state index is 11.6. The Hall–Kier alpha value is -1.14. The van der Waals surface area contributed by atoms with Gasteiger partial charge in [-0.3, -0.25) is 4.79 Å². The average molecular weight is 232 g/mol. The molecule has 84 valence electrons. The van der Waals surface area contributed by atoms with Crippen LogP contribution in [0.15, 0.2) is 12.4 Å². The number of nitrogens with two attached hydrogens (primary N) is 1. The van der Waals surface area contributed by atoms with Gasteiger partial charge in [-0.1, -0.05) is 0 Å². The normalized spacial score (nSPS) is 20.1. The second kappa shape index (κ2) is 5.09. The Morgan fingerprint density at radius 2 is 2.13 bits per heavy atom. The molecule has 1 fully saturated rings. The van der Waals surface area contributed by atoms with Crippen LogP contribution in [0.3, 0.4) is 0 Å². The number of hydrogen-bond acceptors (Lipinski definition) is 4. The van der Waals surface area contributed by atoms with Crippen molar-refractivity contribution in [3.63, 3.8) is 0 Å². The van der Waals surface area contributed by atoms with E-state index in [-0.39, 0.29) is 30.9 Å². The van der Waals surface area contributed by atoms with Crippen molar-refractivity contribution in [2.45, 2.75) is 19.0 Å². The first-order valence-corrected chi connectivity index (χ1v) is 4.63. The molecule has 2 rings (SSSR count). The highest BCUT2D eigenvalue weighted by Gasteiger charge is 2.23. The number of aromatic nitrogens is 3. The van der Waals surface area contributed by atoms with Gasteiger partial charge in [-0.25, -0.2) is 0 Å². The predicted molar refractivity (Wildman–Crippen MR) is 56.4 cm³/mol. The number of halogens is 1. The summed E-state index contributed by atoms with van der Waals surface area (Å²) >= 11 is 0. The molecule has 1 aromatic rings. The third kappa shape index (κ3) is 2.90. The lowest BCUT2D eigenvalue weighted by molar-refractivity contribution is -0.131. The number of carbonyl (C=O) groups excluding carboxylic acids is 1. The molecule has 2 N–H and O–H groups in total. The zero-order valence-corrected chi connectivity index (χ0v) is 9.06. The van der Waals surface area contributed by atoms with Crippen molar-refractivity contribution in [1.29, 1.82) is 0 Å². The molecule has 6 nitrogen and oxygen atoms in total. The van der Waals surface area contributed by atoms with E-state index >= 15 is 0 Å². The minimum absolute atomic E-state index is 0. The van der Waals surface area contributed by atoms with Crippen molar-refractivity contribution >= 4 is 18.3 Å². The first kappa shape index (κ1) is 11.9. The van der Waals surface area contributed by atoms with Crippen LogP contribution in [0.25, 0.3) is 0 Å². The summed E-state index contributed by atoms with van der Waals surface area (Å²) in [6.45, 7) is 1.61. The van der Waals surface area contributed by atoms with Crippen LogP contribution < -0.4 is 5.73 Å².